The second-order valence-electron chi connectivity index (χ2n) is 8.24. The highest BCUT2D eigenvalue weighted by atomic mass is 15.2. The Morgan fingerprint density at radius 1 is 1.16 bits per heavy atom. The third kappa shape index (κ3) is 3.95. The summed E-state index contributed by atoms with van der Waals surface area (Å²) in [6.45, 7) is 15.7. The van der Waals surface area contributed by atoms with Crippen molar-refractivity contribution in [3.8, 4) is 0 Å². The molecule has 0 radical (unpaired) electrons. The van der Waals surface area contributed by atoms with Gasteiger partial charge in [0.1, 0.15) is 0 Å². The molecular weight excluding hydrogens is 232 g/mol. The molecule has 112 valence electrons. The predicted molar refractivity (Wildman–Crippen MR) is 83.4 cm³/mol. The predicted octanol–water partition coefficient (Wildman–Crippen LogP) is 3.52. The van der Waals surface area contributed by atoms with E-state index >= 15 is 0 Å². The number of rotatable bonds is 3. The number of hydrogen-bond acceptors (Lipinski definition) is 2. The lowest BCUT2D eigenvalue weighted by atomic mass is 9.82. The van der Waals surface area contributed by atoms with Crippen LogP contribution in [-0.2, 0) is 0 Å². The van der Waals surface area contributed by atoms with Crippen molar-refractivity contribution < 1.29 is 0 Å². The van der Waals surface area contributed by atoms with E-state index in [2.05, 4.69) is 44.8 Å². The largest absolute Gasteiger partial charge is 0.311 e. The van der Waals surface area contributed by atoms with Gasteiger partial charge in [-0.25, -0.2) is 0 Å². The van der Waals surface area contributed by atoms with Crippen LogP contribution in [0.4, 0.5) is 0 Å². The molecule has 0 aromatic carbocycles. The molecule has 19 heavy (non-hydrogen) atoms. The van der Waals surface area contributed by atoms with E-state index in [0.29, 0.717) is 17.5 Å². The van der Waals surface area contributed by atoms with Gasteiger partial charge >= 0.3 is 0 Å². The van der Waals surface area contributed by atoms with E-state index in [1.165, 1.54) is 45.3 Å². The van der Waals surface area contributed by atoms with Crippen LogP contribution in [0.5, 0.6) is 0 Å². The molecule has 1 N–H and O–H groups in total. The maximum atomic E-state index is 3.79. The Bertz CT molecular complexity index is 271. The highest BCUT2D eigenvalue weighted by molar-refractivity contribution is 4.94. The summed E-state index contributed by atoms with van der Waals surface area (Å²) in [5.41, 5.74) is 0.382. The van der Waals surface area contributed by atoms with Gasteiger partial charge in [-0.1, -0.05) is 47.5 Å². The van der Waals surface area contributed by atoms with Crippen molar-refractivity contribution in [1.82, 2.24) is 10.2 Å². The van der Waals surface area contributed by atoms with Crippen molar-refractivity contribution in [3.63, 3.8) is 0 Å². The minimum atomic E-state index is 0.382. The van der Waals surface area contributed by atoms with Crippen molar-refractivity contribution in [1.29, 1.82) is 0 Å². The molecule has 1 aliphatic heterocycles. The standard InChI is InChI=1S/C17H34N2/c1-13(2)15-12-19(11-14-8-6-7-9-14)16(10-18-15)17(3,4)5/h13-16,18H,6-12H2,1-5H3. The van der Waals surface area contributed by atoms with Gasteiger partial charge < -0.3 is 5.32 Å². The van der Waals surface area contributed by atoms with E-state index < -0.39 is 0 Å². The molecule has 2 heteroatoms. The average molecular weight is 266 g/mol. The van der Waals surface area contributed by atoms with Gasteiger partial charge in [0.25, 0.3) is 0 Å². The Morgan fingerprint density at radius 3 is 2.32 bits per heavy atom. The van der Waals surface area contributed by atoms with E-state index in [0.717, 1.165) is 11.8 Å². The molecule has 0 spiro atoms. The Hall–Kier alpha value is -0.0800. The summed E-state index contributed by atoms with van der Waals surface area (Å²) in [6.07, 6.45) is 5.86. The minimum Gasteiger partial charge on any atom is -0.311 e. The summed E-state index contributed by atoms with van der Waals surface area (Å²) in [7, 11) is 0. The monoisotopic (exact) mass is 266 g/mol. The molecule has 0 aromatic rings. The SMILES string of the molecule is CC(C)C1CN(CC2CCCC2)C(C(C)(C)C)CN1. The number of hydrogen-bond donors (Lipinski definition) is 1. The Labute approximate surface area is 120 Å². The fourth-order valence-electron chi connectivity index (χ4n) is 3.86. The van der Waals surface area contributed by atoms with Crippen molar-refractivity contribution in [2.45, 2.75) is 72.4 Å². The van der Waals surface area contributed by atoms with Gasteiger partial charge in [-0.15, -0.1) is 0 Å². The van der Waals surface area contributed by atoms with Gasteiger partial charge in [0.2, 0.25) is 0 Å². The zero-order valence-corrected chi connectivity index (χ0v) is 13.7. The van der Waals surface area contributed by atoms with Gasteiger partial charge in [-0.3, -0.25) is 4.90 Å². The first-order valence-electron chi connectivity index (χ1n) is 8.35. The molecule has 2 unspecified atom stereocenters. The second-order valence-corrected chi connectivity index (χ2v) is 8.24. The molecule has 2 atom stereocenters. The van der Waals surface area contributed by atoms with Crippen LogP contribution in [-0.4, -0.2) is 36.6 Å². The molecule has 2 fully saturated rings. The molecule has 0 amide bonds. The normalized spacial score (nSPS) is 31.3. The second kappa shape index (κ2) is 6.13. The summed E-state index contributed by atoms with van der Waals surface area (Å²) in [5, 5.41) is 3.79. The molecule has 1 saturated carbocycles. The summed E-state index contributed by atoms with van der Waals surface area (Å²) < 4.78 is 0. The van der Waals surface area contributed by atoms with E-state index in [1.54, 1.807) is 0 Å². The van der Waals surface area contributed by atoms with Crippen LogP contribution < -0.4 is 5.32 Å². The van der Waals surface area contributed by atoms with Crippen LogP contribution >= 0.6 is 0 Å². The van der Waals surface area contributed by atoms with Crippen molar-refractivity contribution in [3.05, 3.63) is 0 Å². The van der Waals surface area contributed by atoms with Crippen LogP contribution in [0.3, 0.4) is 0 Å². The first kappa shape index (κ1) is 15.3. The molecule has 0 aromatic heterocycles. The highest BCUT2D eigenvalue weighted by Crippen LogP contribution is 2.31. The Morgan fingerprint density at radius 2 is 1.79 bits per heavy atom. The first-order valence-corrected chi connectivity index (χ1v) is 8.35. The third-order valence-electron chi connectivity index (χ3n) is 5.22. The molecule has 1 saturated heterocycles. The van der Waals surface area contributed by atoms with Crippen LogP contribution in [0.15, 0.2) is 0 Å². The zero-order chi connectivity index (χ0) is 14.0. The lowest BCUT2D eigenvalue weighted by Gasteiger charge is -2.48. The topological polar surface area (TPSA) is 15.3 Å². The lowest BCUT2D eigenvalue weighted by molar-refractivity contribution is 0.0347. The number of piperazine rings is 1. The molecule has 0 bridgehead atoms. The average Bonchev–Trinajstić information content (AvgIpc) is 2.80. The molecule has 1 aliphatic carbocycles. The maximum Gasteiger partial charge on any atom is 0.0269 e. The molecule has 2 rings (SSSR count). The van der Waals surface area contributed by atoms with E-state index in [4.69, 9.17) is 0 Å². The fraction of sp³-hybridized carbons (Fsp3) is 1.00. The Kier molecular flexibility index (Phi) is 4.94. The van der Waals surface area contributed by atoms with Gasteiger partial charge in [-0.2, -0.15) is 0 Å². The van der Waals surface area contributed by atoms with E-state index in [1.807, 2.05) is 0 Å². The van der Waals surface area contributed by atoms with E-state index in [-0.39, 0.29) is 0 Å². The smallest absolute Gasteiger partial charge is 0.0269 e. The highest BCUT2D eigenvalue weighted by Gasteiger charge is 2.37. The third-order valence-corrected chi connectivity index (χ3v) is 5.22. The quantitative estimate of drug-likeness (QED) is 0.841. The zero-order valence-electron chi connectivity index (χ0n) is 13.7. The van der Waals surface area contributed by atoms with Crippen LogP contribution in [0.2, 0.25) is 0 Å². The molecule has 2 nitrogen and oxygen atoms in total. The molecule has 1 heterocycles. The number of nitrogens with zero attached hydrogens (tertiary/aromatic N) is 1. The number of nitrogens with one attached hydrogen (secondary N) is 1. The molecule has 2 aliphatic rings. The van der Waals surface area contributed by atoms with Crippen molar-refractivity contribution >= 4 is 0 Å². The fourth-order valence-corrected chi connectivity index (χ4v) is 3.86. The summed E-state index contributed by atoms with van der Waals surface area (Å²) in [4.78, 5) is 2.82. The van der Waals surface area contributed by atoms with Gasteiger partial charge in [0.05, 0.1) is 0 Å². The summed E-state index contributed by atoms with van der Waals surface area (Å²) >= 11 is 0. The Balaban J connectivity index is 2.01. The minimum absolute atomic E-state index is 0.382. The molecular formula is C17H34N2. The first-order chi connectivity index (χ1) is 8.88. The van der Waals surface area contributed by atoms with Crippen LogP contribution in [0.25, 0.3) is 0 Å². The maximum absolute atomic E-state index is 3.79. The van der Waals surface area contributed by atoms with Crippen molar-refractivity contribution in [2.75, 3.05) is 19.6 Å². The van der Waals surface area contributed by atoms with E-state index in [9.17, 15) is 0 Å². The van der Waals surface area contributed by atoms with Gasteiger partial charge in [0.15, 0.2) is 0 Å². The van der Waals surface area contributed by atoms with Gasteiger partial charge in [0, 0.05) is 31.7 Å². The lowest BCUT2D eigenvalue weighted by Crippen LogP contribution is -2.62. The van der Waals surface area contributed by atoms with Crippen LogP contribution in [0.1, 0.15) is 60.3 Å². The summed E-state index contributed by atoms with van der Waals surface area (Å²) in [5.74, 6) is 1.71. The van der Waals surface area contributed by atoms with Crippen LogP contribution in [0, 0.1) is 17.3 Å². The van der Waals surface area contributed by atoms with Gasteiger partial charge in [-0.05, 0) is 30.1 Å². The van der Waals surface area contributed by atoms with Crippen molar-refractivity contribution in [2.24, 2.45) is 17.3 Å². The summed E-state index contributed by atoms with van der Waals surface area (Å²) in [6, 6.07) is 1.38.